The highest BCUT2D eigenvalue weighted by Crippen LogP contribution is 2.27. The van der Waals surface area contributed by atoms with Gasteiger partial charge in [0.1, 0.15) is 0 Å². The van der Waals surface area contributed by atoms with E-state index in [9.17, 15) is 8.42 Å². The van der Waals surface area contributed by atoms with Crippen LogP contribution in [0.25, 0.3) is 0 Å². The number of hydrogen-bond acceptors (Lipinski definition) is 4. The van der Waals surface area contributed by atoms with E-state index < -0.39 is 9.84 Å². The molecule has 1 aromatic rings. The third-order valence-corrected chi connectivity index (χ3v) is 5.28. The number of nitrogen functional groups attached to an aromatic ring is 1. The van der Waals surface area contributed by atoms with Gasteiger partial charge in [-0.25, -0.2) is 8.42 Å². The first-order valence-electron chi connectivity index (χ1n) is 5.84. The van der Waals surface area contributed by atoms with Crippen LogP contribution in [0.3, 0.4) is 0 Å². The van der Waals surface area contributed by atoms with Crippen LogP contribution in [0.4, 0.5) is 5.69 Å². The summed E-state index contributed by atoms with van der Waals surface area (Å²) < 4.78 is 29.8. The van der Waals surface area contributed by atoms with Crippen LogP contribution in [-0.2, 0) is 14.6 Å². The van der Waals surface area contributed by atoms with E-state index in [-0.39, 0.29) is 22.3 Å². The Balaban J connectivity index is 2.21. The molecule has 18 heavy (non-hydrogen) atoms. The van der Waals surface area contributed by atoms with E-state index in [1.54, 1.807) is 6.07 Å². The number of nitrogens with two attached hydrogens (primary N) is 1. The molecule has 0 aliphatic carbocycles. The number of rotatable bonds is 3. The SMILES string of the molecule is Nc1ccc(Cl)cc1S(=O)(=O)CC1CCOCC1. The van der Waals surface area contributed by atoms with Crippen molar-refractivity contribution in [2.45, 2.75) is 17.7 Å². The Bertz CT molecular complexity index is 524. The van der Waals surface area contributed by atoms with E-state index in [4.69, 9.17) is 22.1 Å². The Hall–Kier alpha value is -0.780. The minimum absolute atomic E-state index is 0.112. The zero-order valence-corrected chi connectivity index (χ0v) is 11.5. The summed E-state index contributed by atoms with van der Waals surface area (Å²) in [6.45, 7) is 1.26. The number of benzene rings is 1. The fourth-order valence-electron chi connectivity index (χ4n) is 2.09. The van der Waals surface area contributed by atoms with Gasteiger partial charge in [0.05, 0.1) is 16.3 Å². The highest BCUT2D eigenvalue weighted by atomic mass is 35.5. The summed E-state index contributed by atoms with van der Waals surface area (Å²) in [6.07, 6.45) is 1.55. The Morgan fingerprint density at radius 2 is 2.00 bits per heavy atom. The van der Waals surface area contributed by atoms with E-state index in [1.807, 2.05) is 0 Å². The summed E-state index contributed by atoms with van der Waals surface area (Å²) in [5.41, 5.74) is 5.97. The van der Waals surface area contributed by atoms with Crippen molar-refractivity contribution in [2.75, 3.05) is 24.7 Å². The summed E-state index contributed by atoms with van der Waals surface area (Å²) in [6, 6.07) is 4.54. The molecule has 100 valence electrons. The van der Waals surface area contributed by atoms with Gasteiger partial charge in [0, 0.05) is 18.2 Å². The van der Waals surface area contributed by atoms with Crippen molar-refractivity contribution in [1.82, 2.24) is 0 Å². The van der Waals surface area contributed by atoms with Crippen molar-refractivity contribution in [3.05, 3.63) is 23.2 Å². The topological polar surface area (TPSA) is 69.4 Å². The molecule has 6 heteroatoms. The molecular formula is C12H16ClNO3S. The van der Waals surface area contributed by atoms with Gasteiger partial charge in [-0.2, -0.15) is 0 Å². The lowest BCUT2D eigenvalue weighted by molar-refractivity contribution is 0.0723. The van der Waals surface area contributed by atoms with E-state index in [0.717, 1.165) is 12.8 Å². The summed E-state index contributed by atoms with van der Waals surface area (Å²) in [4.78, 5) is 0.140. The van der Waals surface area contributed by atoms with Gasteiger partial charge in [-0.05, 0) is 37.0 Å². The van der Waals surface area contributed by atoms with Crippen molar-refractivity contribution in [2.24, 2.45) is 5.92 Å². The molecule has 2 N–H and O–H groups in total. The molecule has 1 saturated heterocycles. The zero-order chi connectivity index (χ0) is 13.2. The van der Waals surface area contributed by atoms with Crippen LogP contribution in [0.1, 0.15) is 12.8 Å². The maximum absolute atomic E-state index is 12.3. The first kappa shape index (κ1) is 13.6. The van der Waals surface area contributed by atoms with Crippen molar-refractivity contribution in [3.8, 4) is 0 Å². The molecule has 0 atom stereocenters. The molecule has 0 saturated carbocycles. The van der Waals surface area contributed by atoms with Crippen LogP contribution in [0.2, 0.25) is 5.02 Å². The fourth-order valence-corrected chi connectivity index (χ4v) is 4.19. The first-order chi connectivity index (χ1) is 8.49. The maximum Gasteiger partial charge on any atom is 0.180 e. The van der Waals surface area contributed by atoms with Crippen molar-refractivity contribution < 1.29 is 13.2 Å². The van der Waals surface area contributed by atoms with Gasteiger partial charge in [0.25, 0.3) is 0 Å². The molecule has 0 amide bonds. The van der Waals surface area contributed by atoms with Crippen LogP contribution in [0.5, 0.6) is 0 Å². The highest BCUT2D eigenvalue weighted by molar-refractivity contribution is 7.91. The van der Waals surface area contributed by atoms with Crippen LogP contribution < -0.4 is 5.73 Å². The molecule has 1 fully saturated rings. The molecule has 1 aliphatic rings. The molecular weight excluding hydrogens is 274 g/mol. The minimum atomic E-state index is -3.38. The van der Waals surface area contributed by atoms with Gasteiger partial charge >= 0.3 is 0 Å². The van der Waals surface area contributed by atoms with Crippen molar-refractivity contribution in [1.29, 1.82) is 0 Å². The Labute approximate surface area is 112 Å². The van der Waals surface area contributed by atoms with Crippen LogP contribution in [0.15, 0.2) is 23.1 Å². The average Bonchev–Trinajstić information content (AvgIpc) is 2.33. The molecule has 1 aromatic carbocycles. The Morgan fingerprint density at radius 1 is 1.33 bits per heavy atom. The molecule has 2 rings (SSSR count). The van der Waals surface area contributed by atoms with Gasteiger partial charge < -0.3 is 10.5 Å². The standard InChI is InChI=1S/C12H16ClNO3S/c13-10-1-2-11(14)12(7-10)18(15,16)8-9-3-5-17-6-4-9/h1-2,7,9H,3-6,8,14H2. The fraction of sp³-hybridized carbons (Fsp3) is 0.500. The van der Waals surface area contributed by atoms with Crippen LogP contribution in [-0.4, -0.2) is 27.4 Å². The molecule has 4 nitrogen and oxygen atoms in total. The summed E-state index contributed by atoms with van der Waals surface area (Å²) >= 11 is 5.83. The van der Waals surface area contributed by atoms with Gasteiger partial charge in [0.2, 0.25) is 0 Å². The lowest BCUT2D eigenvalue weighted by Crippen LogP contribution is -2.24. The Kier molecular flexibility index (Phi) is 4.14. The second kappa shape index (κ2) is 5.47. The molecule has 0 bridgehead atoms. The quantitative estimate of drug-likeness (QED) is 0.866. The van der Waals surface area contributed by atoms with E-state index in [2.05, 4.69) is 0 Å². The third-order valence-electron chi connectivity index (χ3n) is 3.11. The number of halogens is 1. The minimum Gasteiger partial charge on any atom is -0.398 e. The van der Waals surface area contributed by atoms with Crippen molar-refractivity contribution in [3.63, 3.8) is 0 Å². The van der Waals surface area contributed by atoms with E-state index >= 15 is 0 Å². The molecule has 0 aromatic heterocycles. The first-order valence-corrected chi connectivity index (χ1v) is 7.87. The van der Waals surface area contributed by atoms with Gasteiger partial charge in [-0.15, -0.1) is 0 Å². The number of anilines is 1. The number of sulfone groups is 1. The average molecular weight is 290 g/mol. The maximum atomic E-state index is 12.3. The molecule has 1 aliphatic heterocycles. The lowest BCUT2D eigenvalue weighted by atomic mass is 10.0. The van der Waals surface area contributed by atoms with E-state index in [0.29, 0.717) is 18.2 Å². The number of ether oxygens (including phenoxy) is 1. The monoisotopic (exact) mass is 289 g/mol. The molecule has 0 spiro atoms. The number of hydrogen-bond donors (Lipinski definition) is 1. The van der Waals surface area contributed by atoms with Crippen LogP contribution in [0, 0.1) is 5.92 Å². The summed E-state index contributed by atoms with van der Waals surface area (Å²) in [5, 5.41) is 0.384. The molecule has 0 radical (unpaired) electrons. The second-order valence-electron chi connectivity index (χ2n) is 4.52. The normalized spacial score (nSPS) is 17.8. The predicted molar refractivity (Wildman–Crippen MR) is 71.5 cm³/mol. The van der Waals surface area contributed by atoms with Gasteiger partial charge in [-0.1, -0.05) is 11.6 Å². The van der Waals surface area contributed by atoms with Gasteiger partial charge in [0.15, 0.2) is 9.84 Å². The lowest BCUT2D eigenvalue weighted by Gasteiger charge is -2.22. The van der Waals surface area contributed by atoms with Crippen molar-refractivity contribution >= 4 is 27.1 Å². The third kappa shape index (κ3) is 3.16. The zero-order valence-electron chi connectivity index (χ0n) is 9.93. The highest BCUT2D eigenvalue weighted by Gasteiger charge is 2.25. The molecule has 1 heterocycles. The Morgan fingerprint density at radius 3 is 2.67 bits per heavy atom. The largest absolute Gasteiger partial charge is 0.398 e. The smallest absolute Gasteiger partial charge is 0.180 e. The second-order valence-corrected chi connectivity index (χ2v) is 6.96. The van der Waals surface area contributed by atoms with E-state index in [1.165, 1.54) is 12.1 Å². The molecule has 0 unspecified atom stereocenters. The van der Waals surface area contributed by atoms with Crippen LogP contribution >= 0.6 is 11.6 Å². The predicted octanol–water partition coefficient (Wildman–Crippen LogP) is 2.12. The summed E-state index contributed by atoms with van der Waals surface area (Å²) in [7, 11) is -3.38. The summed E-state index contributed by atoms with van der Waals surface area (Å²) in [5.74, 6) is 0.253. The van der Waals surface area contributed by atoms with Gasteiger partial charge in [-0.3, -0.25) is 0 Å².